The van der Waals surface area contributed by atoms with E-state index in [-0.39, 0.29) is 17.2 Å². The van der Waals surface area contributed by atoms with Gasteiger partial charge in [0.2, 0.25) is 0 Å². The number of alkyl halides is 1. The first-order chi connectivity index (χ1) is 9.08. The maximum absolute atomic E-state index is 14.1. The third-order valence-electron chi connectivity index (χ3n) is 3.53. The molecule has 0 amide bonds. The largest absolute Gasteiger partial charge is 0.351 e. The molecular formula is C14H19Cl2FN2. The van der Waals surface area contributed by atoms with Gasteiger partial charge in [-0.1, -0.05) is 24.4 Å². The van der Waals surface area contributed by atoms with Gasteiger partial charge in [0.1, 0.15) is 0 Å². The van der Waals surface area contributed by atoms with E-state index < -0.39 is 0 Å². The molecule has 2 nitrogen and oxygen atoms in total. The Balaban J connectivity index is 2.25. The van der Waals surface area contributed by atoms with Crippen LogP contribution in [0.25, 0.3) is 0 Å². The van der Waals surface area contributed by atoms with Crippen molar-refractivity contribution in [3.8, 4) is 0 Å². The van der Waals surface area contributed by atoms with E-state index in [4.69, 9.17) is 23.2 Å². The predicted molar refractivity (Wildman–Crippen MR) is 78.7 cm³/mol. The predicted octanol–water partition coefficient (Wildman–Crippen LogP) is 4.64. The Hall–Kier alpha value is -0.540. The second kappa shape index (κ2) is 6.76. The molecule has 1 aliphatic rings. The summed E-state index contributed by atoms with van der Waals surface area (Å²) in [5.74, 6) is 0.0650. The van der Waals surface area contributed by atoms with Crippen LogP contribution in [0.5, 0.6) is 0 Å². The van der Waals surface area contributed by atoms with Gasteiger partial charge in [-0.05, 0) is 32.3 Å². The number of pyridine rings is 1. The third kappa shape index (κ3) is 3.96. The number of aromatic nitrogens is 1. The molecule has 1 aromatic rings. The van der Waals surface area contributed by atoms with Gasteiger partial charge in [0.25, 0.3) is 0 Å². The minimum atomic E-state index is -0.346. The molecule has 19 heavy (non-hydrogen) atoms. The van der Waals surface area contributed by atoms with Crippen LogP contribution >= 0.6 is 23.2 Å². The normalized spacial score (nSPS) is 22.1. The highest BCUT2D eigenvalue weighted by Crippen LogP contribution is 2.29. The number of rotatable bonds is 3. The van der Waals surface area contributed by atoms with E-state index in [2.05, 4.69) is 9.88 Å². The fourth-order valence-corrected chi connectivity index (χ4v) is 3.05. The molecule has 1 saturated heterocycles. The fraction of sp³-hybridized carbons (Fsp3) is 0.643. The molecule has 1 fully saturated rings. The standard InChI is InChI=1S/C14H19Cl2FN2/c1-10(15)7-12-5-3-2-4-6-19(12)14-13(17)8-11(16)9-18-14/h8-10,12H,2-7H2,1H3. The summed E-state index contributed by atoms with van der Waals surface area (Å²) < 4.78 is 14.1. The molecule has 2 rings (SSSR count). The van der Waals surface area contributed by atoms with E-state index in [1.54, 1.807) is 0 Å². The zero-order chi connectivity index (χ0) is 13.8. The Bertz CT molecular complexity index is 426. The van der Waals surface area contributed by atoms with Gasteiger partial charge in [-0.3, -0.25) is 0 Å². The first kappa shape index (κ1) is 14.9. The molecule has 1 aromatic heterocycles. The van der Waals surface area contributed by atoms with Crippen LogP contribution in [0.4, 0.5) is 10.2 Å². The van der Waals surface area contributed by atoms with E-state index in [1.165, 1.54) is 25.1 Å². The lowest BCUT2D eigenvalue weighted by atomic mass is 10.0. The lowest BCUT2D eigenvalue weighted by molar-refractivity contribution is 0.513. The van der Waals surface area contributed by atoms with Crippen LogP contribution in [0.1, 0.15) is 39.0 Å². The Labute approximate surface area is 123 Å². The SMILES string of the molecule is CC(Cl)CC1CCCCCN1c1ncc(Cl)cc1F. The van der Waals surface area contributed by atoms with E-state index in [0.29, 0.717) is 10.8 Å². The molecule has 0 aliphatic carbocycles. The van der Waals surface area contributed by atoms with Crippen LogP contribution in [-0.2, 0) is 0 Å². The number of nitrogens with zero attached hydrogens (tertiary/aromatic N) is 2. The Morgan fingerprint density at radius 2 is 2.26 bits per heavy atom. The molecule has 5 heteroatoms. The van der Waals surface area contributed by atoms with Crippen molar-refractivity contribution >= 4 is 29.0 Å². The summed E-state index contributed by atoms with van der Waals surface area (Å²) in [6.07, 6.45) is 6.81. The summed E-state index contributed by atoms with van der Waals surface area (Å²) in [6, 6.07) is 1.59. The third-order valence-corrected chi connectivity index (χ3v) is 3.92. The minimum absolute atomic E-state index is 0.0842. The van der Waals surface area contributed by atoms with Crippen LogP contribution in [0.3, 0.4) is 0 Å². The van der Waals surface area contributed by atoms with E-state index in [1.807, 2.05) is 6.92 Å². The summed E-state index contributed by atoms with van der Waals surface area (Å²) in [4.78, 5) is 6.24. The second-order valence-corrected chi connectivity index (χ2v) is 6.35. The average Bonchev–Trinajstić information content (AvgIpc) is 2.54. The zero-order valence-electron chi connectivity index (χ0n) is 11.1. The first-order valence-corrected chi connectivity index (χ1v) is 7.61. The lowest BCUT2D eigenvalue weighted by Gasteiger charge is -2.32. The van der Waals surface area contributed by atoms with Crippen LogP contribution in [0, 0.1) is 5.82 Å². The molecule has 1 aliphatic heterocycles. The molecule has 0 radical (unpaired) electrons. The number of hydrogen-bond acceptors (Lipinski definition) is 2. The van der Waals surface area contributed by atoms with Crippen molar-refractivity contribution in [1.82, 2.24) is 4.98 Å². The molecule has 0 bridgehead atoms. The summed E-state index contributed by atoms with van der Waals surface area (Å²) in [5.41, 5.74) is 0. The smallest absolute Gasteiger partial charge is 0.167 e. The molecule has 2 unspecified atom stereocenters. The van der Waals surface area contributed by atoms with Crippen LogP contribution in [-0.4, -0.2) is 22.9 Å². The molecule has 0 N–H and O–H groups in total. The molecule has 106 valence electrons. The summed E-state index contributed by atoms with van der Waals surface area (Å²) in [7, 11) is 0. The van der Waals surface area contributed by atoms with Crippen molar-refractivity contribution in [1.29, 1.82) is 0 Å². The summed E-state index contributed by atoms with van der Waals surface area (Å²) in [6.45, 7) is 2.82. The number of hydrogen-bond donors (Lipinski definition) is 0. The van der Waals surface area contributed by atoms with Gasteiger partial charge in [-0.2, -0.15) is 0 Å². The van der Waals surface area contributed by atoms with E-state index in [9.17, 15) is 4.39 Å². The van der Waals surface area contributed by atoms with Crippen molar-refractivity contribution in [2.75, 3.05) is 11.4 Å². The van der Waals surface area contributed by atoms with Crippen molar-refractivity contribution in [2.24, 2.45) is 0 Å². The van der Waals surface area contributed by atoms with Gasteiger partial charge in [0.05, 0.1) is 5.02 Å². The molecular weight excluding hydrogens is 286 g/mol. The topological polar surface area (TPSA) is 16.1 Å². The first-order valence-electron chi connectivity index (χ1n) is 6.79. The highest BCUT2D eigenvalue weighted by Gasteiger charge is 2.25. The maximum atomic E-state index is 14.1. The Morgan fingerprint density at radius 1 is 1.47 bits per heavy atom. The van der Waals surface area contributed by atoms with Crippen LogP contribution in [0.15, 0.2) is 12.3 Å². The highest BCUT2D eigenvalue weighted by atomic mass is 35.5. The quantitative estimate of drug-likeness (QED) is 0.756. The number of halogens is 3. The van der Waals surface area contributed by atoms with Crippen LogP contribution < -0.4 is 4.90 Å². The van der Waals surface area contributed by atoms with Gasteiger partial charge in [-0.15, -0.1) is 11.6 Å². The molecule has 0 spiro atoms. The van der Waals surface area contributed by atoms with Crippen molar-refractivity contribution in [2.45, 2.75) is 50.4 Å². The second-order valence-electron chi connectivity index (χ2n) is 5.17. The summed E-state index contributed by atoms with van der Waals surface area (Å²) >= 11 is 11.9. The average molecular weight is 305 g/mol. The van der Waals surface area contributed by atoms with Crippen molar-refractivity contribution in [3.05, 3.63) is 23.1 Å². The minimum Gasteiger partial charge on any atom is -0.351 e. The maximum Gasteiger partial charge on any atom is 0.167 e. The van der Waals surface area contributed by atoms with Crippen molar-refractivity contribution < 1.29 is 4.39 Å². The van der Waals surface area contributed by atoms with E-state index >= 15 is 0 Å². The molecule has 0 saturated carbocycles. The monoisotopic (exact) mass is 304 g/mol. The molecule has 2 atom stereocenters. The van der Waals surface area contributed by atoms with Crippen LogP contribution in [0.2, 0.25) is 5.02 Å². The van der Waals surface area contributed by atoms with Crippen molar-refractivity contribution in [3.63, 3.8) is 0 Å². The van der Waals surface area contributed by atoms with Gasteiger partial charge >= 0.3 is 0 Å². The van der Waals surface area contributed by atoms with E-state index in [0.717, 1.165) is 25.8 Å². The zero-order valence-corrected chi connectivity index (χ0v) is 12.6. The van der Waals surface area contributed by atoms with Gasteiger partial charge < -0.3 is 4.90 Å². The fourth-order valence-electron chi connectivity index (χ4n) is 2.69. The Kier molecular flexibility index (Phi) is 5.28. The summed E-state index contributed by atoms with van der Waals surface area (Å²) in [5, 5.41) is 0.416. The molecule has 2 heterocycles. The highest BCUT2D eigenvalue weighted by molar-refractivity contribution is 6.30. The Morgan fingerprint density at radius 3 is 2.95 bits per heavy atom. The van der Waals surface area contributed by atoms with Gasteiger partial charge in [0, 0.05) is 24.2 Å². The molecule has 0 aromatic carbocycles. The van der Waals surface area contributed by atoms with Gasteiger partial charge in [0.15, 0.2) is 11.6 Å². The lowest BCUT2D eigenvalue weighted by Crippen LogP contribution is -2.37. The van der Waals surface area contributed by atoms with Gasteiger partial charge in [-0.25, -0.2) is 9.37 Å². The number of anilines is 1.